The average Bonchev–Trinajstić information content (AvgIpc) is 3.43. The SMILES string of the molecule is CC1CCC2(CC1)CCN(C(=O)n1ccc(C(=O)O)n1)CC2.CCc1cccc(-c2ccccc2)c1Cl. The molecule has 196 valence electrons. The number of carboxylic acids is 1. The van der Waals surface area contributed by atoms with Gasteiger partial charge in [-0.05, 0) is 60.6 Å². The van der Waals surface area contributed by atoms with Crippen LogP contribution in [0.3, 0.4) is 0 Å². The summed E-state index contributed by atoms with van der Waals surface area (Å²) >= 11 is 6.34. The van der Waals surface area contributed by atoms with E-state index in [2.05, 4.69) is 49.3 Å². The van der Waals surface area contributed by atoms with E-state index in [1.807, 2.05) is 18.2 Å². The fourth-order valence-electron chi connectivity index (χ4n) is 5.43. The number of likely N-dealkylation sites (tertiary alicyclic amines) is 1. The Morgan fingerprint density at radius 3 is 2.27 bits per heavy atom. The molecule has 2 heterocycles. The number of halogens is 1. The second-order valence-electron chi connectivity index (χ2n) is 10.4. The Morgan fingerprint density at radius 2 is 1.68 bits per heavy atom. The summed E-state index contributed by atoms with van der Waals surface area (Å²) in [7, 11) is 0. The summed E-state index contributed by atoms with van der Waals surface area (Å²) < 4.78 is 1.14. The van der Waals surface area contributed by atoms with Gasteiger partial charge in [0.1, 0.15) is 0 Å². The van der Waals surface area contributed by atoms with Crippen molar-refractivity contribution in [2.45, 2.75) is 58.8 Å². The minimum Gasteiger partial charge on any atom is -0.476 e. The molecule has 2 aliphatic rings. The Bertz CT molecular complexity index is 1210. The van der Waals surface area contributed by atoms with Crippen LogP contribution in [0.2, 0.25) is 5.02 Å². The van der Waals surface area contributed by atoms with Crippen molar-refractivity contribution in [1.82, 2.24) is 14.7 Å². The van der Waals surface area contributed by atoms with Crippen LogP contribution in [0.15, 0.2) is 60.8 Å². The van der Waals surface area contributed by atoms with Gasteiger partial charge in [0.25, 0.3) is 0 Å². The van der Waals surface area contributed by atoms with Gasteiger partial charge in [0.15, 0.2) is 5.69 Å². The third kappa shape index (κ3) is 6.42. The van der Waals surface area contributed by atoms with Crippen LogP contribution in [-0.2, 0) is 6.42 Å². The fraction of sp³-hybridized carbons (Fsp3) is 0.433. The Kier molecular flexibility index (Phi) is 8.70. The van der Waals surface area contributed by atoms with Gasteiger partial charge in [-0.1, -0.05) is 86.8 Å². The van der Waals surface area contributed by atoms with Gasteiger partial charge in [-0.25, -0.2) is 9.59 Å². The summed E-state index contributed by atoms with van der Waals surface area (Å²) in [5.41, 5.74) is 3.84. The quantitative estimate of drug-likeness (QED) is 0.389. The fourth-order valence-corrected chi connectivity index (χ4v) is 5.80. The number of hydrogen-bond acceptors (Lipinski definition) is 3. The van der Waals surface area contributed by atoms with Crippen LogP contribution in [0.25, 0.3) is 11.1 Å². The van der Waals surface area contributed by atoms with Gasteiger partial charge in [-0.2, -0.15) is 9.78 Å². The topological polar surface area (TPSA) is 75.4 Å². The van der Waals surface area contributed by atoms with Gasteiger partial charge in [-0.15, -0.1) is 0 Å². The number of amides is 1. The Labute approximate surface area is 224 Å². The molecule has 0 radical (unpaired) electrons. The molecule has 1 aromatic heterocycles. The second-order valence-corrected chi connectivity index (χ2v) is 10.8. The lowest BCUT2D eigenvalue weighted by molar-refractivity contribution is 0.0667. The molecule has 0 bridgehead atoms. The third-order valence-corrected chi connectivity index (χ3v) is 8.42. The molecule has 1 amide bonds. The molecule has 1 aliphatic heterocycles. The molecule has 7 heteroatoms. The molecule has 2 aromatic carbocycles. The van der Waals surface area contributed by atoms with Gasteiger partial charge in [0, 0.05) is 24.8 Å². The summed E-state index contributed by atoms with van der Waals surface area (Å²) in [4.78, 5) is 25.0. The molecular weight excluding hydrogens is 486 g/mol. The monoisotopic (exact) mass is 521 g/mol. The molecule has 1 spiro atoms. The summed E-state index contributed by atoms with van der Waals surface area (Å²) in [5, 5.41) is 13.6. The van der Waals surface area contributed by atoms with Crippen molar-refractivity contribution in [1.29, 1.82) is 0 Å². The second kappa shape index (κ2) is 12.0. The average molecular weight is 522 g/mol. The molecule has 1 N–H and O–H groups in total. The number of aromatic nitrogens is 2. The molecule has 0 unspecified atom stereocenters. The number of carbonyl (C=O) groups excluding carboxylic acids is 1. The van der Waals surface area contributed by atoms with Gasteiger partial charge >= 0.3 is 12.0 Å². The number of hydrogen-bond donors (Lipinski definition) is 1. The number of nitrogens with zero attached hydrogens (tertiary/aromatic N) is 3. The van der Waals surface area contributed by atoms with Gasteiger partial charge in [0.05, 0.1) is 5.02 Å². The summed E-state index contributed by atoms with van der Waals surface area (Å²) in [6.07, 6.45) is 9.67. The highest BCUT2D eigenvalue weighted by Crippen LogP contribution is 2.46. The van der Waals surface area contributed by atoms with E-state index >= 15 is 0 Å². The van der Waals surface area contributed by atoms with Crippen molar-refractivity contribution in [3.8, 4) is 11.1 Å². The first-order valence-corrected chi connectivity index (χ1v) is 13.6. The first-order chi connectivity index (χ1) is 17.8. The lowest BCUT2D eigenvalue weighted by Crippen LogP contribution is -2.46. The maximum atomic E-state index is 12.4. The third-order valence-electron chi connectivity index (χ3n) is 7.98. The largest absolute Gasteiger partial charge is 0.476 e. The maximum Gasteiger partial charge on any atom is 0.356 e. The Balaban J connectivity index is 0.000000186. The number of aromatic carboxylic acids is 1. The summed E-state index contributed by atoms with van der Waals surface area (Å²) in [6, 6.07) is 17.6. The zero-order chi connectivity index (χ0) is 26.4. The predicted molar refractivity (Wildman–Crippen MR) is 147 cm³/mol. The molecular formula is C30H36ClN3O3. The van der Waals surface area contributed by atoms with E-state index in [0.29, 0.717) is 5.41 Å². The molecule has 1 saturated carbocycles. The molecule has 2 fully saturated rings. The summed E-state index contributed by atoms with van der Waals surface area (Å²) in [5.74, 6) is -0.274. The number of piperidine rings is 1. The van der Waals surface area contributed by atoms with E-state index < -0.39 is 5.97 Å². The van der Waals surface area contributed by atoms with Crippen molar-refractivity contribution in [2.75, 3.05) is 13.1 Å². The lowest BCUT2D eigenvalue weighted by Gasteiger charge is -2.45. The van der Waals surface area contributed by atoms with Crippen LogP contribution >= 0.6 is 11.6 Å². The highest BCUT2D eigenvalue weighted by atomic mass is 35.5. The number of carboxylic acid groups (broad SMARTS) is 1. The van der Waals surface area contributed by atoms with Crippen molar-refractivity contribution in [3.05, 3.63) is 77.1 Å². The zero-order valence-electron chi connectivity index (χ0n) is 21.7. The Hall–Kier alpha value is -3.12. The van der Waals surface area contributed by atoms with Crippen molar-refractivity contribution in [2.24, 2.45) is 11.3 Å². The first kappa shape index (κ1) is 26.9. The van der Waals surface area contributed by atoms with Crippen LogP contribution in [0, 0.1) is 11.3 Å². The van der Waals surface area contributed by atoms with Crippen molar-refractivity contribution in [3.63, 3.8) is 0 Å². The molecule has 1 saturated heterocycles. The minimum atomic E-state index is -1.11. The van der Waals surface area contributed by atoms with Gasteiger partial charge in [-0.3, -0.25) is 0 Å². The van der Waals surface area contributed by atoms with Crippen LogP contribution in [0.4, 0.5) is 4.79 Å². The molecule has 3 aromatic rings. The molecule has 6 nitrogen and oxygen atoms in total. The normalized spacial score (nSPS) is 17.2. The zero-order valence-corrected chi connectivity index (χ0v) is 22.5. The highest BCUT2D eigenvalue weighted by Gasteiger charge is 2.38. The van der Waals surface area contributed by atoms with E-state index in [9.17, 15) is 9.59 Å². The lowest BCUT2D eigenvalue weighted by atomic mass is 9.66. The van der Waals surface area contributed by atoms with E-state index in [4.69, 9.17) is 16.7 Å². The molecule has 1 aliphatic carbocycles. The first-order valence-electron chi connectivity index (χ1n) is 13.2. The smallest absolute Gasteiger partial charge is 0.356 e. The predicted octanol–water partition coefficient (Wildman–Crippen LogP) is 7.41. The van der Waals surface area contributed by atoms with Crippen LogP contribution in [0.5, 0.6) is 0 Å². The highest BCUT2D eigenvalue weighted by molar-refractivity contribution is 6.34. The van der Waals surface area contributed by atoms with E-state index in [0.717, 1.165) is 53.5 Å². The maximum absolute atomic E-state index is 12.4. The van der Waals surface area contributed by atoms with E-state index in [-0.39, 0.29) is 11.7 Å². The van der Waals surface area contributed by atoms with E-state index in [1.165, 1.54) is 49.1 Å². The standard InChI is InChI=1S/C16H23N3O3.C14H13Cl/c1-12-2-5-16(6-3-12)7-10-18(11-8-16)15(22)19-9-4-13(17-19)14(20)21;1-2-11-9-6-10-13(14(11)15)12-7-4-3-5-8-12/h4,9,12H,2-3,5-8,10-11H2,1H3,(H,20,21);3-10H,2H2,1H3. The number of rotatable bonds is 3. The van der Waals surface area contributed by atoms with Crippen molar-refractivity contribution >= 4 is 23.6 Å². The molecule has 5 rings (SSSR count). The van der Waals surface area contributed by atoms with Crippen LogP contribution < -0.4 is 0 Å². The molecule has 0 atom stereocenters. The number of benzene rings is 2. The molecule has 37 heavy (non-hydrogen) atoms. The van der Waals surface area contributed by atoms with Gasteiger partial charge in [0.2, 0.25) is 0 Å². The number of carbonyl (C=O) groups is 2. The minimum absolute atomic E-state index is 0.0944. The number of aryl methyl sites for hydroxylation is 1. The Morgan fingerprint density at radius 1 is 1.00 bits per heavy atom. The summed E-state index contributed by atoms with van der Waals surface area (Å²) in [6.45, 7) is 5.93. The van der Waals surface area contributed by atoms with Crippen LogP contribution in [-0.4, -0.2) is 44.9 Å². The van der Waals surface area contributed by atoms with Crippen LogP contribution in [0.1, 0.15) is 68.4 Å². The van der Waals surface area contributed by atoms with Gasteiger partial charge < -0.3 is 10.0 Å². The van der Waals surface area contributed by atoms with Crippen molar-refractivity contribution < 1.29 is 14.7 Å². The van der Waals surface area contributed by atoms with E-state index in [1.54, 1.807) is 4.90 Å².